The van der Waals surface area contributed by atoms with E-state index in [2.05, 4.69) is 16.0 Å². The third-order valence-electron chi connectivity index (χ3n) is 2.20. The van der Waals surface area contributed by atoms with E-state index in [9.17, 15) is 9.59 Å². The maximum Gasteiger partial charge on any atom is 0.220 e. The first-order chi connectivity index (χ1) is 8.20. The van der Waals surface area contributed by atoms with Crippen LogP contribution in [-0.2, 0) is 9.59 Å². The fourth-order valence-corrected chi connectivity index (χ4v) is 1.34. The van der Waals surface area contributed by atoms with E-state index in [0.29, 0.717) is 25.9 Å². The molecule has 0 aliphatic heterocycles. The Kier molecular flexibility index (Phi) is 10.7. The highest BCUT2D eigenvalue weighted by molar-refractivity contribution is 5.76. The highest BCUT2D eigenvalue weighted by Gasteiger charge is 1.98. The lowest BCUT2D eigenvalue weighted by Gasteiger charge is -2.07. The second-order valence-corrected chi connectivity index (χ2v) is 3.95. The zero-order valence-electron chi connectivity index (χ0n) is 11.0. The first kappa shape index (κ1) is 15.9. The third kappa shape index (κ3) is 11.2. The van der Waals surface area contributed by atoms with Gasteiger partial charge in [-0.05, 0) is 12.8 Å². The van der Waals surface area contributed by atoms with E-state index in [0.717, 1.165) is 25.9 Å². The van der Waals surface area contributed by atoms with Crippen LogP contribution in [0.15, 0.2) is 0 Å². The van der Waals surface area contributed by atoms with E-state index in [-0.39, 0.29) is 11.8 Å². The SMILES string of the molecule is CCCC(=O)NCCNCCNC(=O)CCC. The fraction of sp³-hybridized carbons (Fsp3) is 0.833. The maximum absolute atomic E-state index is 11.1. The van der Waals surface area contributed by atoms with Gasteiger partial charge >= 0.3 is 0 Å². The normalized spacial score (nSPS) is 10.0. The number of amides is 2. The Balaban J connectivity index is 3.18. The van der Waals surface area contributed by atoms with E-state index in [1.54, 1.807) is 0 Å². The van der Waals surface area contributed by atoms with Crippen molar-refractivity contribution >= 4 is 11.8 Å². The van der Waals surface area contributed by atoms with Gasteiger partial charge in [-0.1, -0.05) is 13.8 Å². The summed E-state index contributed by atoms with van der Waals surface area (Å²) in [6.07, 6.45) is 2.94. The van der Waals surface area contributed by atoms with Gasteiger partial charge in [0.15, 0.2) is 0 Å². The molecule has 5 heteroatoms. The van der Waals surface area contributed by atoms with E-state index in [1.807, 2.05) is 13.8 Å². The number of carbonyl (C=O) groups excluding carboxylic acids is 2. The van der Waals surface area contributed by atoms with Crippen LogP contribution in [0, 0.1) is 0 Å². The maximum atomic E-state index is 11.1. The van der Waals surface area contributed by atoms with Crippen LogP contribution in [0.25, 0.3) is 0 Å². The standard InChI is InChI=1S/C12H25N3O2/c1-3-5-11(16)14-9-7-13-8-10-15-12(17)6-4-2/h13H,3-10H2,1-2H3,(H,14,16)(H,15,17). The van der Waals surface area contributed by atoms with Crippen LogP contribution in [0.5, 0.6) is 0 Å². The molecule has 0 bridgehead atoms. The van der Waals surface area contributed by atoms with Crippen molar-refractivity contribution in [3.63, 3.8) is 0 Å². The summed E-state index contributed by atoms with van der Waals surface area (Å²) in [5, 5.41) is 8.78. The minimum absolute atomic E-state index is 0.102. The molecule has 0 aromatic heterocycles. The van der Waals surface area contributed by atoms with Crippen molar-refractivity contribution in [1.82, 2.24) is 16.0 Å². The van der Waals surface area contributed by atoms with Crippen LogP contribution >= 0.6 is 0 Å². The van der Waals surface area contributed by atoms with Gasteiger partial charge in [0, 0.05) is 39.0 Å². The Morgan fingerprint density at radius 1 is 0.765 bits per heavy atom. The molecule has 0 unspecified atom stereocenters. The second-order valence-electron chi connectivity index (χ2n) is 3.95. The number of nitrogens with one attached hydrogen (secondary N) is 3. The Morgan fingerprint density at radius 3 is 1.53 bits per heavy atom. The zero-order chi connectivity index (χ0) is 12.9. The van der Waals surface area contributed by atoms with Crippen molar-refractivity contribution in [3.8, 4) is 0 Å². The molecule has 0 aromatic rings. The van der Waals surface area contributed by atoms with Crippen molar-refractivity contribution in [3.05, 3.63) is 0 Å². The molecule has 0 atom stereocenters. The summed E-state index contributed by atoms with van der Waals surface area (Å²) in [6, 6.07) is 0. The van der Waals surface area contributed by atoms with E-state index in [4.69, 9.17) is 0 Å². The molecule has 2 amide bonds. The largest absolute Gasteiger partial charge is 0.355 e. The van der Waals surface area contributed by atoms with Gasteiger partial charge in [0.1, 0.15) is 0 Å². The van der Waals surface area contributed by atoms with Gasteiger partial charge in [-0.2, -0.15) is 0 Å². The third-order valence-corrected chi connectivity index (χ3v) is 2.20. The Hall–Kier alpha value is -1.10. The van der Waals surface area contributed by atoms with Crippen LogP contribution in [0.2, 0.25) is 0 Å². The number of carbonyl (C=O) groups is 2. The molecule has 0 saturated carbocycles. The zero-order valence-corrected chi connectivity index (χ0v) is 11.0. The molecule has 3 N–H and O–H groups in total. The summed E-state index contributed by atoms with van der Waals surface area (Å²) in [7, 11) is 0. The first-order valence-corrected chi connectivity index (χ1v) is 6.44. The molecule has 100 valence electrons. The second kappa shape index (κ2) is 11.4. The first-order valence-electron chi connectivity index (χ1n) is 6.44. The van der Waals surface area contributed by atoms with Gasteiger partial charge in [0.05, 0.1) is 0 Å². The van der Waals surface area contributed by atoms with Gasteiger partial charge in [0.25, 0.3) is 0 Å². The Labute approximate surface area is 104 Å². The molecule has 0 spiro atoms. The Morgan fingerprint density at radius 2 is 1.18 bits per heavy atom. The molecule has 5 nitrogen and oxygen atoms in total. The van der Waals surface area contributed by atoms with Crippen LogP contribution in [-0.4, -0.2) is 38.0 Å². The molecule has 0 aromatic carbocycles. The summed E-state index contributed by atoms with van der Waals surface area (Å²) >= 11 is 0. The lowest BCUT2D eigenvalue weighted by atomic mass is 10.3. The minimum Gasteiger partial charge on any atom is -0.355 e. The molecule has 0 aliphatic carbocycles. The van der Waals surface area contributed by atoms with Crippen LogP contribution in [0.1, 0.15) is 39.5 Å². The predicted molar refractivity (Wildman–Crippen MR) is 68.7 cm³/mol. The molecular weight excluding hydrogens is 218 g/mol. The van der Waals surface area contributed by atoms with Crippen LogP contribution in [0.3, 0.4) is 0 Å². The summed E-state index contributed by atoms with van der Waals surface area (Å²) in [5.74, 6) is 0.205. The molecule has 0 radical (unpaired) electrons. The van der Waals surface area contributed by atoms with Gasteiger partial charge in [-0.3, -0.25) is 9.59 Å². The molecule has 0 fully saturated rings. The lowest BCUT2D eigenvalue weighted by molar-refractivity contribution is -0.121. The van der Waals surface area contributed by atoms with Gasteiger partial charge in [0.2, 0.25) is 11.8 Å². The van der Waals surface area contributed by atoms with Crippen molar-refractivity contribution in [2.45, 2.75) is 39.5 Å². The highest BCUT2D eigenvalue weighted by atomic mass is 16.2. The monoisotopic (exact) mass is 243 g/mol. The minimum atomic E-state index is 0.102. The summed E-state index contributed by atoms with van der Waals surface area (Å²) < 4.78 is 0. The van der Waals surface area contributed by atoms with Gasteiger partial charge in [-0.25, -0.2) is 0 Å². The molecule has 0 rings (SSSR count). The number of hydrogen-bond donors (Lipinski definition) is 3. The predicted octanol–water partition coefficient (Wildman–Crippen LogP) is 0.409. The molecule has 0 heterocycles. The Bertz CT molecular complexity index is 198. The molecule has 0 saturated heterocycles. The number of hydrogen-bond acceptors (Lipinski definition) is 3. The van der Waals surface area contributed by atoms with E-state index >= 15 is 0 Å². The summed E-state index contributed by atoms with van der Waals surface area (Å²) in [5.41, 5.74) is 0. The average molecular weight is 243 g/mol. The van der Waals surface area contributed by atoms with Gasteiger partial charge in [-0.15, -0.1) is 0 Å². The van der Waals surface area contributed by atoms with Crippen molar-refractivity contribution in [2.24, 2.45) is 0 Å². The molecular formula is C12H25N3O2. The quantitative estimate of drug-likeness (QED) is 0.487. The van der Waals surface area contributed by atoms with Crippen molar-refractivity contribution < 1.29 is 9.59 Å². The topological polar surface area (TPSA) is 70.2 Å². The van der Waals surface area contributed by atoms with E-state index < -0.39 is 0 Å². The van der Waals surface area contributed by atoms with Gasteiger partial charge < -0.3 is 16.0 Å². The summed E-state index contributed by atoms with van der Waals surface area (Å²) in [6.45, 7) is 6.72. The van der Waals surface area contributed by atoms with Crippen molar-refractivity contribution in [2.75, 3.05) is 26.2 Å². The van der Waals surface area contributed by atoms with E-state index in [1.165, 1.54) is 0 Å². The van der Waals surface area contributed by atoms with Crippen LogP contribution in [0.4, 0.5) is 0 Å². The smallest absolute Gasteiger partial charge is 0.220 e. The van der Waals surface area contributed by atoms with Crippen LogP contribution < -0.4 is 16.0 Å². The average Bonchev–Trinajstić information content (AvgIpc) is 2.28. The summed E-state index contributed by atoms with van der Waals surface area (Å²) in [4.78, 5) is 22.2. The molecule has 17 heavy (non-hydrogen) atoms. The number of rotatable bonds is 10. The fourth-order valence-electron chi connectivity index (χ4n) is 1.34. The lowest BCUT2D eigenvalue weighted by Crippen LogP contribution is -2.36. The molecule has 0 aliphatic rings. The van der Waals surface area contributed by atoms with Crippen molar-refractivity contribution in [1.29, 1.82) is 0 Å². The highest BCUT2D eigenvalue weighted by Crippen LogP contribution is 1.84.